The minimum absolute atomic E-state index is 0.00167. The third-order valence-corrected chi connectivity index (χ3v) is 7.29. The van der Waals surface area contributed by atoms with Crippen LogP contribution in [-0.2, 0) is 14.8 Å². The van der Waals surface area contributed by atoms with Crippen LogP contribution in [0.2, 0.25) is 0 Å². The van der Waals surface area contributed by atoms with Gasteiger partial charge in [-0.05, 0) is 63.6 Å². The maximum absolute atomic E-state index is 13.2. The second-order valence-electron chi connectivity index (χ2n) is 7.71. The Labute approximate surface area is 198 Å². The number of Topliss-reactive ketones (excluding diaryl/α,β-unsaturated/α-hetero) is 2. The molecule has 0 aliphatic heterocycles. The lowest BCUT2D eigenvalue weighted by molar-refractivity contribution is 0.0473. The third kappa shape index (κ3) is 4.94. The summed E-state index contributed by atoms with van der Waals surface area (Å²) in [7, 11) is -3.93. The summed E-state index contributed by atoms with van der Waals surface area (Å²) >= 11 is 0. The van der Waals surface area contributed by atoms with Gasteiger partial charge in [0.2, 0.25) is 5.78 Å². The molecule has 178 valence electrons. The minimum atomic E-state index is -3.93. The van der Waals surface area contributed by atoms with E-state index in [1.807, 2.05) is 0 Å². The molecule has 0 amide bonds. The molecule has 34 heavy (non-hydrogen) atoms. The Morgan fingerprint density at radius 2 is 1.68 bits per heavy atom. The summed E-state index contributed by atoms with van der Waals surface area (Å²) in [6, 6.07) is 14.1. The molecule has 0 aliphatic carbocycles. The van der Waals surface area contributed by atoms with Crippen LogP contribution in [0.25, 0.3) is 0 Å². The van der Waals surface area contributed by atoms with Gasteiger partial charge < -0.3 is 9.72 Å². The standard InChI is InChI=1S/C25H26N2O6S/c1-5-27(20-11-7-6-8-12-20)34(31,32)21-13-9-10-19(14-21)25(30)33-15-22(29)24-16(2)23(18(4)28)17(3)26-24/h6-14,26H,5,15H2,1-4H3. The van der Waals surface area contributed by atoms with Crippen LogP contribution in [0.3, 0.4) is 0 Å². The number of carbonyl (C=O) groups excluding carboxylic acids is 3. The molecule has 0 fully saturated rings. The highest BCUT2D eigenvalue weighted by Crippen LogP contribution is 2.24. The predicted molar refractivity (Wildman–Crippen MR) is 128 cm³/mol. The van der Waals surface area contributed by atoms with Crippen molar-refractivity contribution in [2.24, 2.45) is 0 Å². The number of hydrogen-bond donors (Lipinski definition) is 1. The highest BCUT2D eigenvalue weighted by Gasteiger charge is 2.25. The number of benzene rings is 2. The number of aryl methyl sites for hydroxylation is 1. The Morgan fingerprint density at radius 3 is 2.26 bits per heavy atom. The van der Waals surface area contributed by atoms with Crippen molar-refractivity contribution in [1.82, 2.24) is 4.98 Å². The third-order valence-electron chi connectivity index (χ3n) is 5.39. The topological polar surface area (TPSA) is 114 Å². The fourth-order valence-corrected chi connectivity index (χ4v) is 5.36. The van der Waals surface area contributed by atoms with Gasteiger partial charge in [0.05, 0.1) is 21.8 Å². The smallest absolute Gasteiger partial charge is 0.338 e. The number of carbonyl (C=O) groups is 3. The number of anilines is 1. The van der Waals surface area contributed by atoms with Crippen molar-refractivity contribution in [2.75, 3.05) is 17.5 Å². The van der Waals surface area contributed by atoms with Crippen LogP contribution < -0.4 is 4.31 Å². The predicted octanol–water partition coefficient (Wildman–Crippen LogP) is 4.09. The van der Waals surface area contributed by atoms with Crippen molar-refractivity contribution in [3.8, 4) is 0 Å². The lowest BCUT2D eigenvalue weighted by atomic mass is 10.1. The zero-order valence-electron chi connectivity index (χ0n) is 19.4. The van der Waals surface area contributed by atoms with Crippen LogP contribution in [-0.4, -0.2) is 44.1 Å². The molecule has 1 aromatic heterocycles. The van der Waals surface area contributed by atoms with Crippen LogP contribution in [0.1, 0.15) is 56.3 Å². The van der Waals surface area contributed by atoms with Gasteiger partial charge in [-0.15, -0.1) is 0 Å². The van der Waals surface area contributed by atoms with Gasteiger partial charge in [0, 0.05) is 17.8 Å². The maximum Gasteiger partial charge on any atom is 0.338 e. The summed E-state index contributed by atoms with van der Waals surface area (Å²) in [4.78, 5) is 39.7. The van der Waals surface area contributed by atoms with Crippen LogP contribution in [0.4, 0.5) is 5.69 Å². The van der Waals surface area contributed by atoms with Crippen molar-refractivity contribution in [3.63, 3.8) is 0 Å². The number of H-pyrrole nitrogens is 1. The SMILES string of the molecule is CCN(c1ccccc1)S(=O)(=O)c1cccc(C(=O)OCC(=O)c2[nH]c(C)c(C(C)=O)c2C)c1. The van der Waals surface area contributed by atoms with E-state index < -0.39 is 28.4 Å². The van der Waals surface area contributed by atoms with Gasteiger partial charge in [0.15, 0.2) is 12.4 Å². The molecule has 0 saturated carbocycles. The van der Waals surface area contributed by atoms with E-state index >= 15 is 0 Å². The quantitative estimate of drug-likeness (QED) is 0.363. The largest absolute Gasteiger partial charge is 0.454 e. The summed E-state index contributed by atoms with van der Waals surface area (Å²) in [5, 5.41) is 0. The molecule has 0 atom stereocenters. The van der Waals surface area contributed by atoms with Gasteiger partial charge in [-0.1, -0.05) is 24.3 Å². The van der Waals surface area contributed by atoms with E-state index in [0.717, 1.165) is 0 Å². The Kier molecular flexibility index (Phi) is 7.36. The summed E-state index contributed by atoms with van der Waals surface area (Å²) in [5.41, 5.74) is 2.21. The number of aromatic nitrogens is 1. The van der Waals surface area contributed by atoms with Crippen LogP contribution >= 0.6 is 0 Å². The average molecular weight is 483 g/mol. The van der Waals surface area contributed by atoms with Gasteiger partial charge in [0.25, 0.3) is 10.0 Å². The Balaban J connectivity index is 1.78. The van der Waals surface area contributed by atoms with Crippen molar-refractivity contribution < 1.29 is 27.5 Å². The molecule has 8 nitrogen and oxygen atoms in total. The molecular formula is C25H26N2O6S. The van der Waals surface area contributed by atoms with Crippen LogP contribution in [0.5, 0.6) is 0 Å². The number of sulfonamides is 1. The number of para-hydroxylation sites is 1. The van der Waals surface area contributed by atoms with E-state index in [4.69, 9.17) is 4.74 Å². The zero-order chi connectivity index (χ0) is 25.0. The van der Waals surface area contributed by atoms with Gasteiger partial charge in [-0.2, -0.15) is 0 Å². The van der Waals surface area contributed by atoms with E-state index in [0.29, 0.717) is 22.5 Å². The Bertz CT molecular complexity index is 1340. The van der Waals surface area contributed by atoms with Crippen molar-refractivity contribution >= 4 is 33.2 Å². The molecule has 3 rings (SSSR count). The molecule has 0 saturated heterocycles. The highest BCUT2D eigenvalue weighted by molar-refractivity contribution is 7.92. The molecule has 0 radical (unpaired) electrons. The van der Waals surface area contributed by atoms with Gasteiger partial charge >= 0.3 is 5.97 Å². The first-order chi connectivity index (χ1) is 16.1. The van der Waals surface area contributed by atoms with E-state index in [9.17, 15) is 22.8 Å². The van der Waals surface area contributed by atoms with E-state index in [-0.39, 0.29) is 28.5 Å². The maximum atomic E-state index is 13.2. The van der Waals surface area contributed by atoms with Gasteiger partial charge in [-0.3, -0.25) is 13.9 Å². The first-order valence-electron chi connectivity index (χ1n) is 10.7. The molecule has 1 N–H and O–H groups in total. The number of ketones is 2. The molecule has 9 heteroatoms. The molecular weight excluding hydrogens is 456 g/mol. The van der Waals surface area contributed by atoms with E-state index in [2.05, 4.69) is 4.98 Å². The molecule has 1 heterocycles. The van der Waals surface area contributed by atoms with Crippen molar-refractivity contribution in [2.45, 2.75) is 32.6 Å². The van der Waals surface area contributed by atoms with Crippen LogP contribution in [0, 0.1) is 13.8 Å². The van der Waals surface area contributed by atoms with E-state index in [1.165, 1.54) is 35.5 Å². The molecule has 0 spiro atoms. The summed E-state index contributed by atoms with van der Waals surface area (Å²) in [5.74, 6) is -1.50. The van der Waals surface area contributed by atoms with Gasteiger partial charge in [0.1, 0.15) is 0 Å². The highest BCUT2D eigenvalue weighted by atomic mass is 32.2. The lowest BCUT2D eigenvalue weighted by Crippen LogP contribution is -2.30. The Morgan fingerprint density at radius 1 is 1.00 bits per heavy atom. The zero-order valence-corrected chi connectivity index (χ0v) is 20.2. The number of hydrogen-bond acceptors (Lipinski definition) is 6. The summed E-state index contributed by atoms with van der Waals surface area (Å²) in [6.07, 6.45) is 0. The number of nitrogens with zero attached hydrogens (tertiary/aromatic N) is 1. The monoisotopic (exact) mass is 482 g/mol. The second-order valence-corrected chi connectivity index (χ2v) is 9.58. The fraction of sp³-hybridized carbons (Fsp3) is 0.240. The average Bonchev–Trinajstić information content (AvgIpc) is 3.12. The molecule has 3 aromatic rings. The number of esters is 1. The number of ether oxygens (including phenoxy) is 1. The van der Waals surface area contributed by atoms with Crippen molar-refractivity contribution in [1.29, 1.82) is 0 Å². The van der Waals surface area contributed by atoms with E-state index in [1.54, 1.807) is 51.1 Å². The van der Waals surface area contributed by atoms with Crippen LogP contribution in [0.15, 0.2) is 59.5 Å². The van der Waals surface area contributed by atoms with Crippen molar-refractivity contribution in [3.05, 3.63) is 82.7 Å². The molecule has 0 bridgehead atoms. The minimum Gasteiger partial charge on any atom is -0.454 e. The number of aromatic amines is 1. The summed E-state index contributed by atoms with van der Waals surface area (Å²) in [6.45, 7) is 6.11. The molecule has 2 aromatic carbocycles. The lowest BCUT2D eigenvalue weighted by Gasteiger charge is -2.23. The van der Waals surface area contributed by atoms with Gasteiger partial charge in [-0.25, -0.2) is 13.2 Å². The summed E-state index contributed by atoms with van der Waals surface area (Å²) < 4.78 is 32.8. The normalized spacial score (nSPS) is 11.2. The second kappa shape index (κ2) is 10.0. The fourth-order valence-electron chi connectivity index (χ4n) is 3.84. The molecule has 0 aliphatic rings. The first kappa shape index (κ1) is 24.9. The number of rotatable bonds is 9. The Hall–Kier alpha value is -3.72. The number of nitrogens with one attached hydrogen (secondary N) is 1. The molecule has 0 unspecified atom stereocenters. The first-order valence-corrected chi connectivity index (χ1v) is 12.1.